The monoisotopic (exact) mass is 227 g/mol. The van der Waals surface area contributed by atoms with Gasteiger partial charge in [-0.25, -0.2) is 4.98 Å². The molecule has 0 N–H and O–H groups in total. The molecule has 2 unspecified atom stereocenters. The SMILES string of the molecule is CC1CN(C)CCC1n1cncc1CCl. The molecule has 3 nitrogen and oxygen atoms in total. The lowest BCUT2D eigenvalue weighted by Gasteiger charge is -2.36. The highest BCUT2D eigenvalue weighted by molar-refractivity contribution is 6.16. The van der Waals surface area contributed by atoms with E-state index in [2.05, 4.69) is 28.4 Å². The number of likely N-dealkylation sites (tertiary alicyclic amines) is 1. The number of alkyl halides is 1. The Kier molecular flexibility index (Phi) is 3.32. The van der Waals surface area contributed by atoms with Crippen molar-refractivity contribution in [2.24, 2.45) is 5.92 Å². The molecular formula is C11H18ClN3. The lowest BCUT2D eigenvalue weighted by atomic mass is 9.94. The average Bonchev–Trinajstić information content (AvgIpc) is 2.65. The number of hydrogen-bond donors (Lipinski definition) is 0. The smallest absolute Gasteiger partial charge is 0.0951 e. The first kappa shape index (κ1) is 11.0. The second-order valence-corrected chi connectivity index (χ2v) is 4.79. The van der Waals surface area contributed by atoms with E-state index >= 15 is 0 Å². The van der Waals surface area contributed by atoms with Gasteiger partial charge in [0, 0.05) is 18.8 Å². The van der Waals surface area contributed by atoms with Gasteiger partial charge in [0.05, 0.1) is 17.9 Å². The molecule has 15 heavy (non-hydrogen) atoms. The zero-order chi connectivity index (χ0) is 10.8. The summed E-state index contributed by atoms with van der Waals surface area (Å²) < 4.78 is 2.25. The van der Waals surface area contributed by atoms with Crippen LogP contribution in [0.3, 0.4) is 0 Å². The molecule has 1 aromatic heterocycles. The van der Waals surface area contributed by atoms with Gasteiger partial charge >= 0.3 is 0 Å². The fraction of sp³-hybridized carbons (Fsp3) is 0.727. The average molecular weight is 228 g/mol. The van der Waals surface area contributed by atoms with Crippen molar-refractivity contribution in [1.82, 2.24) is 14.5 Å². The quantitative estimate of drug-likeness (QED) is 0.722. The minimum absolute atomic E-state index is 0.555. The van der Waals surface area contributed by atoms with E-state index in [9.17, 15) is 0 Å². The number of halogens is 1. The summed E-state index contributed by atoms with van der Waals surface area (Å²) in [6.45, 7) is 4.62. The van der Waals surface area contributed by atoms with Gasteiger partial charge in [0.15, 0.2) is 0 Å². The lowest BCUT2D eigenvalue weighted by Crippen LogP contribution is -2.38. The molecule has 1 aromatic rings. The molecule has 0 spiro atoms. The van der Waals surface area contributed by atoms with Crippen molar-refractivity contribution in [1.29, 1.82) is 0 Å². The summed E-state index contributed by atoms with van der Waals surface area (Å²) in [5.74, 6) is 1.22. The zero-order valence-electron chi connectivity index (χ0n) is 9.36. The number of nitrogens with zero attached hydrogens (tertiary/aromatic N) is 3. The summed E-state index contributed by atoms with van der Waals surface area (Å²) >= 11 is 5.90. The van der Waals surface area contributed by atoms with Crippen LogP contribution < -0.4 is 0 Å². The van der Waals surface area contributed by atoms with Gasteiger partial charge < -0.3 is 9.47 Å². The molecule has 4 heteroatoms. The van der Waals surface area contributed by atoms with Gasteiger partial charge in [-0.3, -0.25) is 0 Å². The van der Waals surface area contributed by atoms with Crippen molar-refractivity contribution in [3.8, 4) is 0 Å². The normalized spacial score (nSPS) is 28.2. The molecule has 0 radical (unpaired) electrons. The van der Waals surface area contributed by atoms with E-state index in [0.717, 1.165) is 18.8 Å². The molecule has 0 aliphatic carbocycles. The standard InChI is InChI=1S/C11H18ClN3/c1-9-7-14(2)4-3-11(9)15-8-13-6-10(15)5-12/h6,8-9,11H,3-5,7H2,1-2H3. The predicted octanol–water partition coefficient (Wildman–Crippen LogP) is 2.13. The van der Waals surface area contributed by atoms with Gasteiger partial charge in [0.25, 0.3) is 0 Å². The third-order valence-electron chi connectivity index (χ3n) is 3.30. The molecule has 84 valence electrons. The van der Waals surface area contributed by atoms with Crippen LogP contribution in [0.2, 0.25) is 0 Å². The van der Waals surface area contributed by atoms with Crippen molar-refractivity contribution in [2.45, 2.75) is 25.3 Å². The van der Waals surface area contributed by atoms with Crippen LogP contribution in [0.4, 0.5) is 0 Å². The first-order valence-electron chi connectivity index (χ1n) is 5.47. The van der Waals surface area contributed by atoms with Crippen molar-refractivity contribution in [3.05, 3.63) is 18.2 Å². The Balaban J connectivity index is 2.16. The molecule has 2 atom stereocenters. The highest BCUT2D eigenvalue weighted by atomic mass is 35.5. The third kappa shape index (κ3) is 2.18. The molecule has 1 saturated heterocycles. The number of aromatic nitrogens is 2. The summed E-state index contributed by atoms with van der Waals surface area (Å²) in [5, 5.41) is 0. The van der Waals surface area contributed by atoms with Crippen molar-refractivity contribution < 1.29 is 0 Å². The summed E-state index contributed by atoms with van der Waals surface area (Å²) in [5.41, 5.74) is 1.14. The van der Waals surface area contributed by atoms with Crippen molar-refractivity contribution >= 4 is 11.6 Å². The Morgan fingerprint density at radius 3 is 3.07 bits per heavy atom. The Morgan fingerprint density at radius 1 is 1.60 bits per heavy atom. The minimum atomic E-state index is 0.555. The van der Waals surface area contributed by atoms with E-state index in [1.807, 2.05) is 12.5 Å². The fourth-order valence-corrected chi connectivity index (χ4v) is 2.70. The van der Waals surface area contributed by atoms with Crippen LogP contribution in [0.5, 0.6) is 0 Å². The number of piperidine rings is 1. The topological polar surface area (TPSA) is 21.1 Å². The van der Waals surface area contributed by atoms with Crippen LogP contribution in [0, 0.1) is 5.92 Å². The largest absolute Gasteiger partial charge is 0.330 e. The van der Waals surface area contributed by atoms with E-state index < -0.39 is 0 Å². The van der Waals surface area contributed by atoms with E-state index in [4.69, 9.17) is 11.6 Å². The molecule has 2 heterocycles. The molecule has 1 aliphatic heterocycles. The Labute approximate surface area is 96.0 Å². The summed E-state index contributed by atoms with van der Waals surface area (Å²) in [6, 6.07) is 0.567. The lowest BCUT2D eigenvalue weighted by molar-refractivity contribution is 0.157. The molecular weight excluding hydrogens is 210 g/mol. The Hall–Kier alpha value is -0.540. The van der Waals surface area contributed by atoms with E-state index in [1.54, 1.807) is 0 Å². The van der Waals surface area contributed by atoms with E-state index in [1.165, 1.54) is 6.42 Å². The van der Waals surface area contributed by atoms with Gasteiger partial charge in [-0.15, -0.1) is 11.6 Å². The van der Waals surface area contributed by atoms with Crippen molar-refractivity contribution in [2.75, 3.05) is 20.1 Å². The predicted molar refractivity (Wildman–Crippen MR) is 62.1 cm³/mol. The Morgan fingerprint density at radius 2 is 2.40 bits per heavy atom. The summed E-state index contributed by atoms with van der Waals surface area (Å²) in [6.07, 6.45) is 4.99. The van der Waals surface area contributed by atoms with E-state index in [0.29, 0.717) is 17.8 Å². The molecule has 0 saturated carbocycles. The van der Waals surface area contributed by atoms with Crippen LogP contribution >= 0.6 is 11.6 Å². The Bertz CT molecular complexity index is 323. The number of rotatable bonds is 2. The molecule has 1 aliphatic rings. The first-order chi connectivity index (χ1) is 7.22. The van der Waals surface area contributed by atoms with Crippen LogP contribution in [0.1, 0.15) is 25.1 Å². The summed E-state index contributed by atoms with van der Waals surface area (Å²) in [7, 11) is 2.18. The molecule has 2 rings (SSSR count). The van der Waals surface area contributed by atoms with Crippen LogP contribution in [0.25, 0.3) is 0 Å². The van der Waals surface area contributed by atoms with Gasteiger partial charge in [-0.1, -0.05) is 6.92 Å². The number of hydrogen-bond acceptors (Lipinski definition) is 2. The van der Waals surface area contributed by atoms with Crippen LogP contribution in [0.15, 0.2) is 12.5 Å². The molecule has 0 bridgehead atoms. The van der Waals surface area contributed by atoms with Crippen LogP contribution in [-0.2, 0) is 5.88 Å². The molecule has 1 fully saturated rings. The fourth-order valence-electron chi connectivity index (χ4n) is 2.49. The van der Waals surface area contributed by atoms with Crippen LogP contribution in [-0.4, -0.2) is 34.6 Å². The van der Waals surface area contributed by atoms with Gasteiger partial charge in [-0.2, -0.15) is 0 Å². The van der Waals surface area contributed by atoms with E-state index in [-0.39, 0.29) is 0 Å². The highest BCUT2D eigenvalue weighted by Gasteiger charge is 2.26. The highest BCUT2D eigenvalue weighted by Crippen LogP contribution is 2.28. The minimum Gasteiger partial charge on any atom is -0.330 e. The number of imidazole rings is 1. The zero-order valence-corrected chi connectivity index (χ0v) is 10.1. The first-order valence-corrected chi connectivity index (χ1v) is 6.01. The second-order valence-electron chi connectivity index (χ2n) is 4.52. The molecule has 0 aromatic carbocycles. The third-order valence-corrected chi connectivity index (χ3v) is 3.58. The molecule has 0 amide bonds. The maximum absolute atomic E-state index is 5.90. The van der Waals surface area contributed by atoms with Gasteiger partial charge in [0.2, 0.25) is 0 Å². The van der Waals surface area contributed by atoms with Crippen molar-refractivity contribution in [3.63, 3.8) is 0 Å². The van der Waals surface area contributed by atoms with Gasteiger partial charge in [-0.05, 0) is 25.9 Å². The maximum atomic E-state index is 5.90. The van der Waals surface area contributed by atoms with Gasteiger partial charge in [0.1, 0.15) is 0 Å². The second kappa shape index (κ2) is 4.54. The maximum Gasteiger partial charge on any atom is 0.0951 e. The summed E-state index contributed by atoms with van der Waals surface area (Å²) in [4.78, 5) is 6.57.